The van der Waals surface area contributed by atoms with Gasteiger partial charge in [0.2, 0.25) is 0 Å². The van der Waals surface area contributed by atoms with Crippen LogP contribution in [0.15, 0.2) is 23.4 Å². The van der Waals surface area contributed by atoms with Crippen LogP contribution in [0.25, 0.3) is 0 Å². The Bertz CT molecular complexity index is 415. The van der Waals surface area contributed by atoms with Gasteiger partial charge in [-0.05, 0) is 12.5 Å². The molecule has 0 atom stereocenters. The van der Waals surface area contributed by atoms with Crippen molar-refractivity contribution in [1.82, 2.24) is 4.98 Å². The van der Waals surface area contributed by atoms with E-state index in [2.05, 4.69) is 4.98 Å². The number of sulfone groups is 1. The van der Waals surface area contributed by atoms with Crippen LogP contribution in [0.2, 0.25) is 0 Å². The molecule has 0 unspecified atom stereocenters. The van der Waals surface area contributed by atoms with E-state index >= 15 is 0 Å². The van der Waals surface area contributed by atoms with Gasteiger partial charge in [0.05, 0.1) is 22.5 Å². The molecule has 84 valence electrons. The standard InChI is InChI=1S/C10H16N2O2S/c1-2-3-4-7-15(13,14)10-5-6-12-8-9(10)11/h5-6,8H,2-4,7,11H2,1H3. The molecule has 0 fully saturated rings. The van der Waals surface area contributed by atoms with E-state index in [9.17, 15) is 8.42 Å². The van der Waals surface area contributed by atoms with Gasteiger partial charge in [0.15, 0.2) is 9.84 Å². The summed E-state index contributed by atoms with van der Waals surface area (Å²) in [6.45, 7) is 2.04. The van der Waals surface area contributed by atoms with Crippen molar-refractivity contribution in [2.45, 2.75) is 31.1 Å². The molecule has 0 bridgehead atoms. The third kappa shape index (κ3) is 3.20. The highest BCUT2D eigenvalue weighted by Gasteiger charge is 2.16. The van der Waals surface area contributed by atoms with E-state index in [1.165, 1.54) is 18.5 Å². The van der Waals surface area contributed by atoms with E-state index in [4.69, 9.17) is 5.73 Å². The van der Waals surface area contributed by atoms with Gasteiger partial charge in [-0.15, -0.1) is 0 Å². The Balaban J connectivity index is 2.83. The molecule has 2 N–H and O–H groups in total. The van der Waals surface area contributed by atoms with Crippen LogP contribution in [0.1, 0.15) is 26.2 Å². The average molecular weight is 228 g/mol. The summed E-state index contributed by atoms with van der Waals surface area (Å²) in [5.41, 5.74) is 5.80. The molecule has 1 rings (SSSR count). The molecule has 0 aliphatic carbocycles. The lowest BCUT2D eigenvalue weighted by Gasteiger charge is -2.05. The first-order chi connectivity index (χ1) is 7.08. The van der Waals surface area contributed by atoms with Gasteiger partial charge in [-0.2, -0.15) is 0 Å². The molecule has 0 spiro atoms. The molecular weight excluding hydrogens is 212 g/mol. The number of aromatic nitrogens is 1. The molecular formula is C10H16N2O2S. The largest absolute Gasteiger partial charge is 0.396 e. The number of hydrogen-bond acceptors (Lipinski definition) is 4. The van der Waals surface area contributed by atoms with E-state index in [1.807, 2.05) is 6.92 Å². The molecule has 15 heavy (non-hydrogen) atoms. The highest BCUT2D eigenvalue weighted by atomic mass is 32.2. The van der Waals surface area contributed by atoms with Gasteiger partial charge in [-0.1, -0.05) is 19.8 Å². The van der Waals surface area contributed by atoms with Crippen LogP contribution in [-0.4, -0.2) is 19.2 Å². The molecule has 0 aliphatic heterocycles. The molecule has 5 heteroatoms. The number of hydrogen-bond donors (Lipinski definition) is 1. The van der Waals surface area contributed by atoms with Crippen molar-refractivity contribution in [3.63, 3.8) is 0 Å². The Hall–Kier alpha value is -1.10. The Morgan fingerprint density at radius 2 is 2.13 bits per heavy atom. The quantitative estimate of drug-likeness (QED) is 0.777. The SMILES string of the molecule is CCCCCS(=O)(=O)c1ccncc1N. The van der Waals surface area contributed by atoms with Crippen LogP contribution in [0, 0.1) is 0 Å². The fourth-order valence-electron chi connectivity index (χ4n) is 1.33. The van der Waals surface area contributed by atoms with Crippen molar-refractivity contribution in [2.24, 2.45) is 0 Å². The number of nitrogen functional groups attached to an aromatic ring is 1. The molecule has 0 saturated heterocycles. The minimum Gasteiger partial charge on any atom is -0.396 e. The molecule has 1 heterocycles. The highest BCUT2D eigenvalue weighted by molar-refractivity contribution is 7.91. The van der Waals surface area contributed by atoms with Crippen LogP contribution in [0.4, 0.5) is 5.69 Å². The number of nitrogens with two attached hydrogens (primary N) is 1. The number of unbranched alkanes of at least 4 members (excludes halogenated alkanes) is 2. The topological polar surface area (TPSA) is 73.0 Å². The molecule has 1 aromatic heterocycles. The van der Waals surface area contributed by atoms with Crippen LogP contribution >= 0.6 is 0 Å². The van der Waals surface area contributed by atoms with E-state index in [1.54, 1.807) is 0 Å². The van der Waals surface area contributed by atoms with Gasteiger partial charge in [-0.25, -0.2) is 8.42 Å². The van der Waals surface area contributed by atoms with E-state index < -0.39 is 9.84 Å². The first-order valence-electron chi connectivity index (χ1n) is 5.00. The Kier molecular flexibility index (Phi) is 4.08. The zero-order chi connectivity index (χ0) is 11.3. The summed E-state index contributed by atoms with van der Waals surface area (Å²) in [6.07, 6.45) is 5.42. The van der Waals surface area contributed by atoms with Crippen LogP contribution < -0.4 is 5.73 Å². The second-order valence-corrected chi connectivity index (χ2v) is 5.52. The first-order valence-corrected chi connectivity index (χ1v) is 6.65. The number of rotatable bonds is 5. The summed E-state index contributed by atoms with van der Waals surface area (Å²) in [4.78, 5) is 3.97. The fraction of sp³-hybridized carbons (Fsp3) is 0.500. The van der Waals surface area contributed by atoms with Crippen LogP contribution in [0.5, 0.6) is 0 Å². The van der Waals surface area contributed by atoms with Crippen molar-refractivity contribution < 1.29 is 8.42 Å². The maximum absolute atomic E-state index is 11.8. The smallest absolute Gasteiger partial charge is 0.180 e. The molecule has 0 amide bonds. The third-order valence-corrected chi connectivity index (χ3v) is 4.03. The molecule has 0 radical (unpaired) electrons. The molecule has 0 aliphatic rings. The molecule has 1 aromatic rings. The van der Waals surface area contributed by atoms with Gasteiger partial charge in [0.25, 0.3) is 0 Å². The summed E-state index contributed by atoms with van der Waals surface area (Å²) in [7, 11) is -3.23. The minimum atomic E-state index is -3.23. The fourth-order valence-corrected chi connectivity index (χ4v) is 2.81. The Morgan fingerprint density at radius 3 is 2.73 bits per heavy atom. The zero-order valence-corrected chi connectivity index (χ0v) is 9.63. The first kappa shape index (κ1) is 12.0. The van der Waals surface area contributed by atoms with Crippen molar-refractivity contribution in [3.05, 3.63) is 18.5 Å². The van der Waals surface area contributed by atoms with Crippen molar-refractivity contribution in [2.75, 3.05) is 11.5 Å². The molecule has 4 nitrogen and oxygen atoms in total. The van der Waals surface area contributed by atoms with E-state index in [-0.39, 0.29) is 16.3 Å². The van der Waals surface area contributed by atoms with Crippen LogP contribution in [0.3, 0.4) is 0 Å². The predicted molar refractivity (Wildman–Crippen MR) is 60.2 cm³/mol. The summed E-state index contributed by atoms with van der Waals surface area (Å²) in [5, 5.41) is 0. The van der Waals surface area contributed by atoms with Crippen molar-refractivity contribution in [1.29, 1.82) is 0 Å². The third-order valence-electron chi connectivity index (χ3n) is 2.16. The zero-order valence-electron chi connectivity index (χ0n) is 8.81. The lowest BCUT2D eigenvalue weighted by atomic mass is 10.3. The molecule has 0 saturated carbocycles. The van der Waals surface area contributed by atoms with Gasteiger partial charge < -0.3 is 5.73 Å². The van der Waals surface area contributed by atoms with Gasteiger partial charge in [0, 0.05) is 6.20 Å². The summed E-state index contributed by atoms with van der Waals surface area (Å²) in [6, 6.07) is 1.45. The average Bonchev–Trinajstić information content (AvgIpc) is 2.18. The van der Waals surface area contributed by atoms with Gasteiger partial charge >= 0.3 is 0 Å². The van der Waals surface area contributed by atoms with Crippen molar-refractivity contribution >= 4 is 15.5 Å². The number of pyridine rings is 1. The summed E-state index contributed by atoms with van der Waals surface area (Å²) >= 11 is 0. The van der Waals surface area contributed by atoms with Gasteiger partial charge in [0.1, 0.15) is 0 Å². The summed E-state index contributed by atoms with van der Waals surface area (Å²) < 4.78 is 23.6. The van der Waals surface area contributed by atoms with E-state index in [0.717, 1.165) is 12.8 Å². The predicted octanol–water partition coefficient (Wildman–Crippen LogP) is 1.63. The second-order valence-electron chi connectivity index (χ2n) is 3.44. The Morgan fingerprint density at radius 1 is 1.40 bits per heavy atom. The second kappa shape index (κ2) is 5.11. The Labute approximate surface area is 90.4 Å². The highest BCUT2D eigenvalue weighted by Crippen LogP contribution is 2.18. The van der Waals surface area contributed by atoms with E-state index in [0.29, 0.717) is 6.42 Å². The maximum atomic E-state index is 11.8. The summed E-state index contributed by atoms with van der Waals surface area (Å²) in [5.74, 6) is 0.162. The van der Waals surface area contributed by atoms with Crippen LogP contribution in [-0.2, 0) is 9.84 Å². The van der Waals surface area contributed by atoms with Gasteiger partial charge in [-0.3, -0.25) is 4.98 Å². The number of anilines is 1. The van der Waals surface area contributed by atoms with Crippen molar-refractivity contribution in [3.8, 4) is 0 Å². The monoisotopic (exact) mass is 228 g/mol. The normalized spacial score (nSPS) is 11.5. The lowest BCUT2D eigenvalue weighted by molar-refractivity contribution is 0.591. The molecule has 0 aromatic carbocycles. The maximum Gasteiger partial charge on any atom is 0.180 e. The minimum absolute atomic E-state index is 0.162. The number of nitrogens with zero attached hydrogens (tertiary/aromatic N) is 1. The lowest BCUT2D eigenvalue weighted by Crippen LogP contribution is -2.09.